The third-order valence-electron chi connectivity index (χ3n) is 6.32. The maximum atomic E-state index is 13.2. The third kappa shape index (κ3) is 5.70. The molecule has 1 N–H and O–H groups in total. The molecule has 4 rings (SSSR count). The Kier molecular flexibility index (Phi) is 8.43. The Morgan fingerprint density at radius 2 is 1.79 bits per heavy atom. The lowest BCUT2D eigenvalue weighted by molar-refractivity contribution is -0.140. The zero-order valence-electron chi connectivity index (χ0n) is 21.6. The first-order valence-electron chi connectivity index (χ1n) is 12.3. The monoisotopic (exact) mass is 519 g/mol. The number of aryl methyl sites for hydroxylation is 1. The molecule has 1 saturated heterocycles. The maximum absolute atomic E-state index is 13.2. The number of Topliss-reactive ketones (excluding diaryl/α,β-unsaturated/α-hetero) is 1. The van der Waals surface area contributed by atoms with Crippen LogP contribution in [0, 0.1) is 12.7 Å². The summed E-state index contributed by atoms with van der Waals surface area (Å²) in [5, 5.41) is 11.3. The highest BCUT2D eigenvalue weighted by Crippen LogP contribution is 2.40. The van der Waals surface area contributed by atoms with Crippen LogP contribution in [0.15, 0.2) is 72.3 Å². The van der Waals surface area contributed by atoms with Gasteiger partial charge >= 0.3 is 0 Å². The van der Waals surface area contributed by atoms with Gasteiger partial charge in [0, 0.05) is 19.2 Å². The molecule has 0 radical (unpaired) electrons. The van der Waals surface area contributed by atoms with Crippen LogP contribution in [0.2, 0.25) is 0 Å². The molecule has 1 atom stereocenters. The average Bonchev–Trinajstić information content (AvgIpc) is 3.17. The quantitative estimate of drug-likeness (QED) is 0.226. The SMILES string of the molecule is CCOc1ccc(/C(O)=C2\C(=O)C(=O)N(CCOC)C2c2cccc(OCc3ccc(F)cc3)c2)cc1C. The highest BCUT2D eigenvalue weighted by Gasteiger charge is 2.46. The molecule has 7 nitrogen and oxygen atoms in total. The zero-order valence-corrected chi connectivity index (χ0v) is 21.6. The van der Waals surface area contributed by atoms with Crippen molar-refractivity contribution in [3.8, 4) is 11.5 Å². The van der Waals surface area contributed by atoms with Gasteiger partial charge in [-0.1, -0.05) is 24.3 Å². The molecule has 3 aromatic carbocycles. The number of halogens is 1. The molecule has 0 saturated carbocycles. The summed E-state index contributed by atoms with van der Waals surface area (Å²) < 4.78 is 29.9. The standard InChI is InChI=1S/C30H30FNO6/c1-4-37-25-13-10-22(16-19(25)2)28(33)26-27(32(14-15-36-3)30(35)29(26)34)21-6-5-7-24(17-21)38-18-20-8-11-23(31)12-9-20/h5-13,16-17,27,33H,4,14-15,18H2,1-3H3/b28-26+. The van der Waals surface area contributed by atoms with Gasteiger partial charge in [-0.25, -0.2) is 4.39 Å². The van der Waals surface area contributed by atoms with E-state index >= 15 is 0 Å². The van der Waals surface area contributed by atoms with Gasteiger partial charge in [0.1, 0.15) is 29.7 Å². The van der Waals surface area contributed by atoms with Crippen molar-refractivity contribution in [3.05, 3.63) is 100 Å². The lowest BCUT2D eigenvalue weighted by atomic mass is 9.94. The van der Waals surface area contributed by atoms with Crippen molar-refractivity contribution in [2.24, 2.45) is 0 Å². The Hall–Kier alpha value is -4.17. The van der Waals surface area contributed by atoms with Crippen molar-refractivity contribution >= 4 is 17.4 Å². The number of carbonyl (C=O) groups excluding carboxylic acids is 2. The van der Waals surface area contributed by atoms with Gasteiger partial charge < -0.3 is 24.2 Å². The minimum absolute atomic E-state index is 0.00894. The molecule has 0 spiro atoms. The molecule has 1 amide bonds. The number of benzene rings is 3. The van der Waals surface area contributed by atoms with Crippen LogP contribution >= 0.6 is 0 Å². The van der Waals surface area contributed by atoms with E-state index in [1.807, 2.05) is 13.8 Å². The van der Waals surface area contributed by atoms with Gasteiger partial charge in [0.05, 0.1) is 24.8 Å². The van der Waals surface area contributed by atoms with Crippen LogP contribution in [-0.4, -0.2) is 48.6 Å². The van der Waals surface area contributed by atoms with E-state index < -0.39 is 17.7 Å². The van der Waals surface area contributed by atoms with Crippen LogP contribution in [0.4, 0.5) is 4.39 Å². The van der Waals surface area contributed by atoms with E-state index in [1.165, 1.54) is 24.1 Å². The van der Waals surface area contributed by atoms with Gasteiger partial charge in [-0.2, -0.15) is 0 Å². The lowest BCUT2D eigenvalue weighted by Gasteiger charge is -2.25. The molecule has 3 aromatic rings. The lowest BCUT2D eigenvalue weighted by Crippen LogP contribution is -2.32. The fourth-order valence-electron chi connectivity index (χ4n) is 4.44. The van der Waals surface area contributed by atoms with Crippen molar-refractivity contribution < 1.29 is 33.3 Å². The smallest absolute Gasteiger partial charge is 0.295 e. The summed E-state index contributed by atoms with van der Waals surface area (Å²) in [6, 6.07) is 17.3. The summed E-state index contributed by atoms with van der Waals surface area (Å²) in [4.78, 5) is 27.7. The predicted octanol–water partition coefficient (Wildman–Crippen LogP) is 5.18. The number of ether oxygens (including phenoxy) is 3. The van der Waals surface area contributed by atoms with Crippen molar-refractivity contribution in [2.75, 3.05) is 26.9 Å². The fourth-order valence-corrected chi connectivity index (χ4v) is 4.44. The summed E-state index contributed by atoms with van der Waals surface area (Å²) >= 11 is 0. The van der Waals surface area contributed by atoms with Crippen molar-refractivity contribution in [3.63, 3.8) is 0 Å². The molecule has 1 heterocycles. The molecule has 198 valence electrons. The Balaban J connectivity index is 1.72. The van der Waals surface area contributed by atoms with Gasteiger partial charge in [0.2, 0.25) is 0 Å². The van der Waals surface area contributed by atoms with E-state index in [1.54, 1.807) is 54.6 Å². The summed E-state index contributed by atoms with van der Waals surface area (Å²) in [6.45, 7) is 4.80. The van der Waals surface area contributed by atoms with Crippen molar-refractivity contribution in [1.29, 1.82) is 0 Å². The van der Waals surface area contributed by atoms with E-state index in [0.717, 1.165) is 11.1 Å². The van der Waals surface area contributed by atoms with Gasteiger partial charge in [0.25, 0.3) is 11.7 Å². The normalized spacial score (nSPS) is 16.6. The highest BCUT2D eigenvalue weighted by atomic mass is 19.1. The fraction of sp³-hybridized carbons (Fsp3) is 0.267. The van der Waals surface area contributed by atoms with E-state index in [9.17, 15) is 19.1 Å². The number of hydrogen-bond acceptors (Lipinski definition) is 6. The Morgan fingerprint density at radius 1 is 1.03 bits per heavy atom. The molecule has 0 aliphatic carbocycles. The molecule has 0 bridgehead atoms. The number of methoxy groups -OCH3 is 1. The Morgan fingerprint density at radius 3 is 2.47 bits per heavy atom. The van der Waals surface area contributed by atoms with Gasteiger partial charge in [-0.15, -0.1) is 0 Å². The second kappa shape index (κ2) is 11.9. The van der Waals surface area contributed by atoms with Gasteiger partial charge in [-0.3, -0.25) is 9.59 Å². The van der Waals surface area contributed by atoms with E-state index in [-0.39, 0.29) is 36.9 Å². The first-order chi connectivity index (χ1) is 18.3. The molecule has 1 unspecified atom stereocenters. The molecule has 1 aliphatic heterocycles. The molecule has 8 heteroatoms. The van der Waals surface area contributed by atoms with Crippen LogP contribution in [0.25, 0.3) is 5.76 Å². The number of ketones is 1. The number of rotatable bonds is 10. The number of aliphatic hydroxyl groups excluding tert-OH is 1. The largest absolute Gasteiger partial charge is 0.507 e. The Bertz CT molecular complexity index is 1350. The first kappa shape index (κ1) is 26.9. The number of carbonyl (C=O) groups is 2. The number of amides is 1. The number of aliphatic hydroxyl groups is 1. The highest BCUT2D eigenvalue weighted by molar-refractivity contribution is 6.46. The topological polar surface area (TPSA) is 85.3 Å². The molecular formula is C30H30FNO6. The van der Waals surface area contributed by atoms with Crippen LogP contribution in [-0.2, 0) is 20.9 Å². The van der Waals surface area contributed by atoms with Crippen LogP contribution in [0.3, 0.4) is 0 Å². The molecule has 0 aromatic heterocycles. The molecule has 1 fully saturated rings. The van der Waals surface area contributed by atoms with Crippen LogP contribution in [0.5, 0.6) is 11.5 Å². The van der Waals surface area contributed by atoms with Crippen LogP contribution < -0.4 is 9.47 Å². The first-order valence-corrected chi connectivity index (χ1v) is 12.3. The van der Waals surface area contributed by atoms with E-state index in [2.05, 4.69) is 0 Å². The van der Waals surface area contributed by atoms with Gasteiger partial charge in [0.15, 0.2) is 0 Å². The van der Waals surface area contributed by atoms with Crippen LogP contribution in [0.1, 0.15) is 35.2 Å². The second-order valence-electron chi connectivity index (χ2n) is 8.89. The predicted molar refractivity (Wildman–Crippen MR) is 140 cm³/mol. The van der Waals surface area contributed by atoms with E-state index in [0.29, 0.717) is 29.2 Å². The summed E-state index contributed by atoms with van der Waals surface area (Å²) in [5.74, 6) is -0.906. The Labute approximate surface area is 221 Å². The second-order valence-corrected chi connectivity index (χ2v) is 8.89. The summed E-state index contributed by atoms with van der Waals surface area (Å²) in [5.41, 5.74) is 2.57. The average molecular weight is 520 g/mol. The minimum atomic E-state index is -0.841. The minimum Gasteiger partial charge on any atom is -0.507 e. The molecule has 38 heavy (non-hydrogen) atoms. The van der Waals surface area contributed by atoms with E-state index in [4.69, 9.17) is 14.2 Å². The number of hydrogen-bond donors (Lipinski definition) is 1. The maximum Gasteiger partial charge on any atom is 0.295 e. The number of nitrogens with zero attached hydrogens (tertiary/aromatic N) is 1. The summed E-state index contributed by atoms with van der Waals surface area (Å²) in [6.07, 6.45) is 0. The summed E-state index contributed by atoms with van der Waals surface area (Å²) in [7, 11) is 1.51. The van der Waals surface area contributed by atoms with Gasteiger partial charge in [-0.05, 0) is 73.0 Å². The van der Waals surface area contributed by atoms with Crippen molar-refractivity contribution in [2.45, 2.75) is 26.5 Å². The zero-order chi connectivity index (χ0) is 27.2. The van der Waals surface area contributed by atoms with Crippen molar-refractivity contribution in [1.82, 2.24) is 4.90 Å². The molecular weight excluding hydrogens is 489 g/mol. The molecule has 1 aliphatic rings. The number of likely N-dealkylation sites (tertiary alicyclic amines) is 1. The third-order valence-corrected chi connectivity index (χ3v) is 6.32.